The predicted octanol–water partition coefficient (Wildman–Crippen LogP) is 5.82. The second-order valence-electron chi connectivity index (χ2n) is 11.5. The fourth-order valence-electron chi connectivity index (χ4n) is 5.81. The molecule has 3 fully saturated rings. The quantitative estimate of drug-likeness (QED) is 0.545. The Bertz CT molecular complexity index is 921. The Kier molecular flexibility index (Phi) is 7.61. The topological polar surface area (TPSA) is 58.6 Å². The first-order valence-electron chi connectivity index (χ1n) is 12.9. The van der Waals surface area contributed by atoms with E-state index in [2.05, 4.69) is 33.0 Å². The molecule has 5 atom stereocenters. The summed E-state index contributed by atoms with van der Waals surface area (Å²) in [7, 11) is 0. The van der Waals surface area contributed by atoms with Crippen molar-refractivity contribution in [3.63, 3.8) is 0 Å². The van der Waals surface area contributed by atoms with Crippen molar-refractivity contribution in [2.75, 3.05) is 6.54 Å². The molecular weight excluding hydrogens is 448 g/mol. The fraction of sp³-hybridized carbons (Fsp3) is 0.643. The summed E-state index contributed by atoms with van der Waals surface area (Å²) in [5, 5.41) is 3.88. The van der Waals surface area contributed by atoms with Crippen molar-refractivity contribution in [1.29, 1.82) is 0 Å². The lowest BCUT2D eigenvalue weighted by Crippen LogP contribution is -2.59. The monoisotopic (exact) mass is 486 g/mol. The molecule has 1 saturated heterocycles. The largest absolute Gasteiger partial charge is 0.482 e. The molecule has 0 spiro atoms. The van der Waals surface area contributed by atoms with Crippen molar-refractivity contribution >= 4 is 29.5 Å². The molecule has 186 valence electrons. The average Bonchev–Trinajstić information content (AvgIpc) is 2.78. The number of carbonyl (C=O) groups is 2. The summed E-state index contributed by atoms with van der Waals surface area (Å²) in [5.41, 5.74) is 1.01. The number of morpholine rings is 1. The second kappa shape index (κ2) is 10.3. The molecule has 2 saturated carbocycles. The van der Waals surface area contributed by atoms with Gasteiger partial charge in [-0.25, -0.2) is 0 Å². The minimum atomic E-state index is -0.197. The number of fused-ring (bicyclic) bond motifs is 1. The summed E-state index contributed by atoms with van der Waals surface area (Å²) in [6, 6.07) is 7.46. The highest BCUT2D eigenvalue weighted by molar-refractivity contribution is 6.30. The van der Waals surface area contributed by atoms with E-state index in [4.69, 9.17) is 16.3 Å². The van der Waals surface area contributed by atoms with E-state index in [1.165, 1.54) is 6.42 Å². The maximum Gasteiger partial charge on any atom is 0.289 e. The minimum Gasteiger partial charge on any atom is -0.482 e. The first-order chi connectivity index (χ1) is 16.1. The van der Waals surface area contributed by atoms with Gasteiger partial charge in [-0.2, -0.15) is 0 Å². The summed E-state index contributed by atoms with van der Waals surface area (Å²) in [6.45, 7) is 9.08. The molecule has 5 unspecified atom stereocenters. The lowest BCUT2D eigenvalue weighted by Gasteiger charge is -2.48. The first kappa shape index (κ1) is 25.1. The van der Waals surface area contributed by atoms with Gasteiger partial charge in [-0.1, -0.05) is 64.3 Å². The third kappa shape index (κ3) is 5.79. The smallest absolute Gasteiger partial charge is 0.289 e. The zero-order chi connectivity index (χ0) is 24.5. The highest BCUT2D eigenvalue weighted by atomic mass is 35.5. The van der Waals surface area contributed by atoms with Crippen LogP contribution in [-0.2, 0) is 14.3 Å². The van der Waals surface area contributed by atoms with Crippen LogP contribution in [0.5, 0.6) is 0 Å². The highest BCUT2D eigenvalue weighted by Crippen LogP contribution is 2.43. The lowest BCUT2D eigenvalue weighted by atomic mass is 9.69. The van der Waals surface area contributed by atoms with Crippen LogP contribution >= 0.6 is 11.6 Å². The van der Waals surface area contributed by atoms with Crippen molar-refractivity contribution < 1.29 is 14.3 Å². The number of amides is 2. The third-order valence-corrected chi connectivity index (χ3v) is 8.32. The molecule has 34 heavy (non-hydrogen) atoms. The Labute approximate surface area is 209 Å². The number of nitrogens with zero attached hydrogens (tertiary/aromatic N) is 1. The first-order valence-corrected chi connectivity index (χ1v) is 13.2. The zero-order valence-electron chi connectivity index (χ0n) is 21.0. The highest BCUT2D eigenvalue weighted by Gasteiger charge is 2.46. The Morgan fingerprint density at radius 3 is 2.53 bits per heavy atom. The van der Waals surface area contributed by atoms with Crippen molar-refractivity contribution in [2.24, 2.45) is 17.3 Å². The predicted molar refractivity (Wildman–Crippen MR) is 136 cm³/mol. The van der Waals surface area contributed by atoms with Crippen molar-refractivity contribution in [2.45, 2.75) is 90.8 Å². The number of carbonyl (C=O) groups excluding carboxylic acids is 2. The number of rotatable bonds is 4. The SMILES string of the molecule is CC1CCCCC1NC(=O)CN1C(=O)/C(=C\c2ccc(Cl)cc2)OC2CCC(C(C)(C)C)CC21. The van der Waals surface area contributed by atoms with Crippen LogP contribution in [0.2, 0.25) is 5.02 Å². The molecule has 2 aliphatic carbocycles. The van der Waals surface area contributed by atoms with Gasteiger partial charge < -0.3 is 15.0 Å². The Balaban J connectivity index is 1.56. The van der Waals surface area contributed by atoms with Gasteiger partial charge in [0.1, 0.15) is 12.6 Å². The molecular formula is C28H39ClN2O3. The van der Waals surface area contributed by atoms with Crippen LogP contribution in [0, 0.1) is 17.3 Å². The fourth-order valence-corrected chi connectivity index (χ4v) is 5.94. The van der Waals surface area contributed by atoms with E-state index in [1.807, 2.05) is 12.1 Å². The van der Waals surface area contributed by atoms with E-state index in [0.29, 0.717) is 22.6 Å². The molecule has 1 aliphatic heterocycles. The molecule has 1 aromatic rings. The van der Waals surface area contributed by atoms with Gasteiger partial charge in [0.15, 0.2) is 5.76 Å². The minimum absolute atomic E-state index is 0.0588. The molecule has 6 heteroatoms. The summed E-state index contributed by atoms with van der Waals surface area (Å²) in [5.74, 6) is 1.02. The van der Waals surface area contributed by atoms with Crippen LogP contribution in [0.1, 0.15) is 78.2 Å². The van der Waals surface area contributed by atoms with Gasteiger partial charge in [-0.3, -0.25) is 9.59 Å². The molecule has 0 aromatic heterocycles. The molecule has 0 bridgehead atoms. The van der Waals surface area contributed by atoms with Crippen LogP contribution < -0.4 is 5.32 Å². The van der Waals surface area contributed by atoms with E-state index in [1.54, 1.807) is 23.1 Å². The van der Waals surface area contributed by atoms with Gasteiger partial charge in [0.05, 0.1) is 6.04 Å². The van der Waals surface area contributed by atoms with Crippen LogP contribution in [0.3, 0.4) is 0 Å². The lowest BCUT2D eigenvalue weighted by molar-refractivity contribution is -0.154. The van der Waals surface area contributed by atoms with Gasteiger partial charge in [-0.05, 0) is 73.1 Å². The normalized spacial score (nSPS) is 31.1. The Morgan fingerprint density at radius 1 is 1.15 bits per heavy atom. The van der Waals surface area contributed by atoms with E-state index in [0.717, 1.165) is 44.1 Å². The zero-order valence-corrected chi connectivity index (χ0v) is 21.7. The van der Waals surface area contributed by atoms with E-state index in [9.17, 15) is 9.59 Å². The molecule has 5 nitrogen and oxygen atoms in total. The molecule has 3 aliphatic rings. The molecule has 4 rings (SSSR count). The molecule has 1 aromatic carbocycles. The summed E-state index contributed by atoms with van der Waals surface area (Å²) >= 11 is 6.02. The maximum absolute atomic E-state index is 13.6. The van der Waals surface area contributed by atoms with Crippen molar-refractivity contribution in [3.8, 4) is 0 Å². The van der Waals surface area contributed by atoms with Crippen LogP contribution in [0.4, 0.5) is 0 Å². The number of nitrogens with one attached hydrogen (secondary N) is 1. The summed E-state index contributed by atoms with van der Waals surface area (Å²) < 4.78 is 6.28. The van der Waals surface area contributed by atoms with E-state index >= 15 is 0 Å². The average molecular weight is 487 g/mol. The summed E-state index contributed by atoms with van der Waals surface area (Å²) in [6.07, 6.45) is 9.04. The number of hydrogen-bond acceptors (Lipinski definition) is 3. The van der Waals surface area contributed by atoms with Gasteiger partial charge in [0, 0.05) is 11.1 Å². The standard InChI is InChI=1S/C28H39ClN2O3/c1-18-7-5-6-8-22(18)30-26(32)17-31-23-16-20(28(2,3)4)11-14-24(23)34-25(27(31)33)15-19-9-12-21(29)13-10-19/h9-10,12-13,15,18,20,22-24H,5-8,11,14,16-17H2,1-4H3,(H,30,32)/b25-15+. The van der Waals surface area contributed by atoms with Crippen molar-refractivity contribution in [1.82, 2.24) is 10.2 Å². The van der Waals surface area contributed by atoms with E-state index < -0.39 is 0 Å². The maximum atomic E-state index is 13.6. The molecule has 1 N–H and O–H groups in total. The Morgan fingerprint density at radius 2 is 1.85 bits per heavy atom. The van der Waals surface area contributed by atoms with Crippen molar-refractivity contribution in [3.05, 3.63) is 40.6 Å². The number of hydrogen-bond donors (Lipinski definition) is 1. The van der Waals surface area contributed by atoms with E-state index in [-0.39, 0.29) is 42.0 Å². The molecule has 1 heterocycles. The van der Waals surface area contributed by atoms with Gasteiger partial charge >= 0.3 is 0 Å². The number of halogens is 1. The summed E-state index contributed by atoms with van der Waals surface area (Å²) in [4.78, 5) is 28.6. The molecule has 2 amide bonds. The van der Waals surface area contributed by atoms with Gasteiger partial charge in [0.25, 0.3) is 5.91 Å². The van der Waals surface area contributed by atoms with Gasteiger partial charge in [0.2, 0.25) is 5.91 Å². The third-order valence-electron chi connectivity index (χ3n) is 8.07. The molecule has 0 radical (unpaired) electrons. The Hall–Kier alpha value is -2.01. The van der Waals surface area contributed by atoms with Crippen LogP contribution in [-0.4, -0.2) is 41.4 Å². The van der Waals surface area contributed by atoms with Crippen LogP contribution in [0.25, 0.3) is 6.08 Å². The van der Waals surface area contributed by atoms with Gasteiger partial charge in [-0.15, -0.1) is 0 Å². The second-order valence-corrected chi connectivity index (χ2v) is 12.0. The number of benzene rings is 1. The van der Waals surface area contributed by atoms with Crippen LogP contribution in [0.15, 0.2) is 30.0 Å². The number of ether oxygens (including phenoxy) is 1.